The van der Waals surface area contributed by atoms with E-state index in [-0.39, 0.29) is 32.5 Å². The standard InChI is InChI=1S/2C26H36PS.Hg/c2*1-18-11-13-20(14-12-18)28-17-27-23-21(25(5,6)7)15-19(24(2,3)4)16-22(23)26(8,9)10;/h2*11-16H,1-10H3;. The zero-order chi connectivity index (χ0) is 43.1. The molecule has 0 saturated heterocycles. The second kappa shape index (κ2) is 18.1. The number of hydrogen-bond donors (Lipinski definition) is 0. The van der Waals surface area contributed by atoms with E-state index in [2.05, 4.69) is 235 Å². The van der Waals surface area contributed by atoms with Crippen LogP contribution in [0.1, 0.15) is 169 Å². The van der Waals surface area contributed by atoms with Gasteiger partial charge in [-0.05, 0) is 0 Å². The average Bonchev–Trinajstić information content (AvgIpc) is 3.03. The van der Waals surface area contributed by atoms with Gasteiger partial charge < -0.3 is 0 Å². The summed E-state index contributed by atoms with van der Waals surface area (Å²) in [4.78, 5) is 2.72. The van der Waals surface area contributed by atoms with Crippen LogP contribution in [-0.2, 0) is 57.1 Å². The molecule has 0 saturated carbocycles. The Morgan fingerprint density at radius 2 is 0.632 bits per heavy atom. The van der Waals surface area contributed by atoms with E-state index in [1.807, 2.05) is 0 Å². The Hall–Kier alpha value is -1.14. The van der Waals surface area contributed by atoms with Crippen LogP contribution in [0.4, 0.5) is 0 Å². The predicted octanol–water partition coefficient (Wildman–Crippen LogP) is 15.8. The van der Waals surface area contributed by atoms with Gasteiger partial charge in [0.2, 0.25) is 0 Å². The average molecular weight is 1020 g/mol. The summed E-state index contributed by atoms with van der Waals surface area (Å²) in [6.07, 6.45) is 0. The molecular weight excluding hydrogens is 951 g/mol. The van der Waals surface area contributed by atoms with Crippen molar-refractivity contribution in [2.75, 3.05) is 0 Å². The molecule has 0 aliphatic heterocycles. The normalized spacial score (nSPS) is 13.9. The van der Waals surface area contributed by atoms with Crippen molar-refractivity contribution in [1.29, 1.82) is 0 Å². The van der Waals surface area contributed by atoms with E-state index in [0.717, 1.165) is 0 Å². The van der Waals surface area contributed by atoms with Crippen LogP contribution in [0.5, 0.6) is 0 Å². The van der Waals surface area contributed by atoms with E-state index in [1.54, 1.807) is 4.27 Å². The zero-order valence-corrected chi connectivity index (χ0v) is 48.3. The Morgan fingerprint density at radius 1 is 0.386 bits per heavy atom. The number of aryl methyl sites for hydroxylation is 2. The van der Waals surface area contributed by atoms with E-state index in [0.29, 0.717) is 0 Å². The van der Waals surface area contributed by atoms with Crippen LogP contribution in [0.15, 0.2) is 82.6 Å². The van der Waals surface area contributed by atoms with Crippen LogP contribution in [0.25, 0.3) is 0 Å². The summed E-state index contributed by atoms with van der Waals surface area (Å²) in [5, 5.41) is 3.07. The number of thioether (sulfide) groups is 2. The van der Waals surface area contributed by atoms with E-state index in [4.69, 9.17) is 0 Å². The van der Waals surface area contributed by atoms with Crippen LogP contribution >= 0.6 is 39.9 Å². The van der Waals surface area contributed by atoms with Gasteiger partial charge in [0, 0.05) is 0 Å². The molecule has 4 aromatic rings. The molecule has 0 aromatic heterocycles. The van der Waals surface area contributed by atoms with Gasteiger partial charge in [0.1, 0.15) is 0 Å². The molecule has 0 N–H and O–H groups in total. The summed E-state index contributed by atoms with van der Waals surface area (Å²) in [5.41, 5.74) is 11.7. The van der Waals surface area contributed by atoms with Crippen LogP contribution in [-0.4, -0.2) is 4.27 Å². The fourth-order valence-electron chi connectivity index (χ4n) is 6.72. The van der Waals surface area contributed by atoms with Crippen LogP contribution in [0.2, 0.25) is 0 Å². The predicted molar refractivity (Wildman–Crippen MR) is 262 cm³/mol. The molecule has 0 heterocycles. The third-order valence-electron chi connectivity index (χ3n) is 10.5. The van der Waals surface area contributed by atoms with Crippen LogP contribution in [0.3, 0.4) is 0 Å². The first kappa shape index (κ1) is 48.5. The summed E-state index contributed by atoms with van der Waals surface area (Å²) in [7, 11) is 2.79. The van der Waals surface area contributed by atoms with Crippen molar-refractivity contribution in [3.05, 3.63) is 117 Å². The number of hydrogen-bond acceptors (Lipinski definition) is 2. The van der Waals surface area contributed by atoms with Gasteiger partial charge >= 0.3 is 377 Å². The van der Waals surface area contributed by atoms with Crippen molar-refractivity contribution in [2.24, 2.45) is 0 Å². The van der Waals surface area contributed by atoms with Gasteiger partial charge in [0.05, 0.1) is 0 Å². The molecule has 0 radical (unpaired) electrons. The fourth-order valence-corrected chi connectivity index (χ4v) is 33.4. The first-order chi connectivity index (χ1) is 25.8. The van der Waals surface area contributed by atoms with Crippen molar-refractivity contribution >= 4 is 54.8 Å². The van der Waals surface area contributed by atoms with Gasteiger partial charge in [0.25, 0.3) is 0 Å². The Morgan fingerprint density at radius 3 is 0.842 bits per heavy atom. The molecule has 0 fully saturated rings. The molecular formula is C52H72HgP2S2. The van der Waals surface area contributed by atoms with Crippen LogP contribution < -0.4 is 10.6 Å². The molecule has 0 bridgehead atoms. The molecule has 0 aliphatic carbocycles. The molecule has 0 nitrogen and oxygen atoms in total. The minimum absolute atomic E-state index is 0.0135. The summed E-state index contributed by atoms with van der Waals surface area (Å²) < 4.78 is 3.39. The van der Waals surface area contributed by atoms with Crippen molar-refractivity contribution in [3.8, 4) is 0 Å². The summed E-state index contributed by atoms with van der Waals surface area (Å²) in [6.45, 7) is 47.7. The maximum absolute atomic E-state index is 2.56. The fraction of sp³-hybridized carbons (Fsp3) is 0.500. The quantitative estimate of drug-likeness (QED) is 0.0980. The van der Waals surface area contributed by atoms with E-state index >= 15 is 0 Å². The van der Waals surface area contributed by atoms with E-state index in [9.17, 15) is 0 Å². The molecule has 0 spiro atoms. The molecule has 0 atom stereocenters. The summed E-state index contributed by atoms with van der Waals surface area (Å²) >= 11 is 2.13. The van der Waals surface area contributed by atoms with Gasteiger partial charge in [0.15, 0.2) is 0 Å². The second-order valence-corrected chi connectivity index (χ2v) is 43.2. The SMILES string of the molecule is Cc1ccc(S[C](=Pc2c(C(C)(C)C)cc(C(C)(C)C)cc2C(C)(C)C)[Hg][C](=Pc2c(C(C)(C)C)cc(C(C)(C)C)cc2C(C)(C)C)Sc2ccc(C)cc2)cc1. The molecule has 57 heavy (non-hydrogen) atoms. The topological polar surface area (TPSA) is 0 Å². The van der Waals surface area contributed by atoms with Crippen molar-refractivity contribution < 1.29 is 24.6 Å². The molecule has 0 amide bonds. The Kier molecular flexibility index (Phi) is 15.4. The molecule has 4 rings (SSSR count). The summed E-state index contributed by atoms with van der Waals surface area (Å²) in [5.74, 6) is 0. The van der Waals surface area contributed by atoms with Gasteiger partial charge in [-0.3, -0.25) is 0 Å². The molecule has 4 aromatic carbocycles. The molecule has 0 aliphatic rings. The van der Waals surface area contributed by atoms with Gasteiger partial charge in [-0.15, -0.1) is 0 Å². The van der Waals surface area contributed by atoms with Crippen LogP contribution in [0, 0.1) is 13.8 Å². The maximum atomic E-state index is 2.56. The van der Waals surface area contributed by atoms with E-state index < -0.39 is 24.6 Å². The molecule has 0 unspecified atom stereocenters. The molecule has 5 heteroatoms. The number of benzene rings is 4. The van der Waals surface area contributed by atoms with Crippen molar-refractivity contribution in [1.82, 2.24) is 0 Å². The molecule has 304 valence electrons. The third kappa shape index (κ3) is 13.4. The Balaban J connectivity index is 2.15. The minimum atomic E-state index is -2.04. The third-order valence-corrected chi connectivity index (χ3v) is 29.7. The first-order valence-electron chi connectivity index (χ1n) is 20.9. The first-order valence-corrected chi connectivity index (χ1v) is 29.8. The van der Waals surface area contributed by atoms with Gasteiger partial charge in [-0.25, -0.2) is 0 Å². The van der Waals surface area contributed by atoms with E-state index in [1.165, 1.54) is 81.3 Å². The number of rotatable bonds is 8. The zero-order valence-electron chi connectivity index (χ0n) is 39.3. The Labute approximate surface area is 374 Å². The summed E-state index contributed by atoms with van der Waals surface area (Å²) in [6, 6.07) is 28.8. The van der Waals surface area contributed by atoms with Gasteiger partial charge in [-0.2, -0.15) is 0 Å². The van der Waals surface area contributed by atoms with Crippen molar-refractivity contribution in [3.63, 3.8) is 0 Å². The Bertz CT molecular complexity index is 1870. The van der Waals surface area contributed by atoms with Gasteiger partial charge in [-0.1, -0.05) is 0 Å². The monoisotopic (exact) mass is 1020 g/mol. The second-order valence-electron chi connectivity index (χ2n) is 22.4. The van der Waals surface area contributed by atoms with Crippen molar-refractivity contribution in [2.45, 2.75) is 181 Å².